The van der Waals surface area contributed by atoms with E-state index >= 15 is 0 Å². The molecule has 0 bridgehead atoms. The summed E-state index contributed by atoms with van der Waals surface area (Å²) in [5, 5.41) is 13.6. The van der Waals surface area contributed by atoms with Crippen LogP contribution in [0.15, 0.2) is 24.3 Å². The van der Waals surface area contributed by atoms with Crippen LogP contribution in [0.25, 0.3) is 0 Å². The molecular weight excluding hydrogens is 350 g/mol. The summed E-state index contributed by atoms with van der Waals surface area (Å²) in [6.45, 7) is 6.98. The number of nitro groups is 1. The summed E-state index contributed by atoms with van der Waals surface area (Å²) in [6.07, 6.45) is 1.51. The largest absolute Gasteiger partial charge is 0.444 e. The van der Waals surface area contributed by atoms with Crippen LogP contribution in [-0.2, 0) is 16.0 Å². The molecule has 0 aliphatic carbocycles. The maximum atomic E-state index is 12.3. The number of nitro benzene ring substituents is 1. The average Bonchev–Trinajstić information content (AvgIpc) is 2.60. The summed E-state index contributed by atoms with van der Waals surface area (Å²) in [6, 6.07) is 6.32. The fraction of sp³-hybridized carbons (Fsp3) is 0.579. The Morgan fingerprint density at radius 2 is 1.81 bits per heavy atom. The zero-order valence-electron chi connectivity index (χ0n) is 16.1. The second-order valence-corrected chi connectivity index (χ2v) is 7.71. The molecule has 1 aliphatic rings. The van der Waals surface area contributed by atoms with Gasteiger partial charge in [-0.1, -0.05) is 12.1 Å². The van der Waals surface area contributed by atoms with E-state index in [0.717, 1.165) is 5.56 Å². The minimum absolute atomic E-state index is 0.0132. The molecule has 0 unspecified atom stereocenters. The Balaban J connectivity index is 1.71. The monoisotopic (exact) mass is 377 g/mol. The van der Waals surface area contributed by atoms with Gasteiger partial charge in [-0.3, -0.25) is 14.9 Å². The lowest BCUT2D eigenvalue weighted by molar-refractivity contribution is -0.384. The quantitative estimate of drug-likeness (QED) is 0.628. The van der Waals surface area contributed by atoms with E-state index in [2.05, 4.69) is 5.32 Å². The average molecular weight is 377 g/mol. The Morgan fingerprint density at radius 3 is 2.33 bits per heavy atom. The predicted molar refractivity (Wildman–Crippen MR) is 100 cm³/mol. The van der Waals surface area contributed by atoms with Gasteiger partial charge in [0.15, 0.2) is 0 Å². The second kappa shape index (κ2) is 8.83. The lowest BCUT2D eigenvalue weighted by Gasteiger charge is -2.32. The summed E-state index contributed by atoms with van der Waals surface area (Å²) in [4.78, 5) is 36.2. The Kier molecular flexibility index (Phi) is 6.76. The number of carbonyl (C=O) groups is 2. The molecule has 2 amide bonds. The Hall–Kier alpha value is -2.64. The molecule has 0 aromatic heterocycles. The first-order valence-corrected chi connectivity index (χ1v) is 9.14. The van der Waals surface area contributed by atoms with Crippen molar-refractivity contribution in [3.05, 3.63) is 39.9 Å². The SMILES string of the molecule is CC(C)(C)OC(=O)N1CCC(C(=O)NCCc2ccc([N+](=O)[O-])cc2)CC1. The highest BCUT2D eigenvalue weighted by atomic mass is 16.6. The molecule has 1 fully saturated rings. The first kappa shape index (κ1) is 20.7. The van der Waals surface area contributed by atoms with Gasteiger partial charge in [0.2, 0.25) is 5.91 Å². The summed E-state index contributed by atoms with van der Waals surface area (Å²) in [5.41, 5.74) is 0.462. The third-order valence-corrected chi connectivity index (χ3v) is 4.38. The van der Waals surface area contributed by atoms with Crippen molar-refractivity contribution in [1.29, 1.82) is 0 Å². The van der Waals surface area contributed by atoms with Crippen molar-refractivity contribution < 1.29 is 19.2 Å². The first-order chi connectivity index (χ1) is 12.7. The van der Waals surface area contributed by atoms with Crippen molar-refractivity contribution in [3.8, 4) is 0 Å². The number of likely N-dealkylation sites (tertiary alicyclic amines) is 1. The van der Waals surface area contributed by atoms with Gasteiger partial charge >= 0.3 is 6.09 Å². The number of nitrogens with zero attached hydrogens (tertiary/aromatic N) is 2. The van der Waals surface area contributed by atoms with Gasteiger partial charge in [-0.2, -0.15) is 0 Å². The molecule has 8 nitrogen and oxygen atoms in total. The number of amides is 2. The number of piperidine rings is 1. The molecule has 0 saturated carbocycles. The number of non-ortho nitro benzene ring substituents is 1. The lowest BCUT2D eigenvalue weighted by Crippen LogP contribution is -2.45. The number of hydrogen-bond donors (Lipinski definition) is 1. The molecule has 2 rings (SSSR count). The van der Waals surface area contributed by atoms with Gasteiger partial charge < -0.3 is 15.0 Å². The molecule has 0 radical (unpaired) electrons. The predicted octanol–water partition coefficient (Wildman–Crippen LogP) is 2.90. The molecule has 1 saturated heterocycles. The maximum Gasteiger partial charge on any atom is 0.410 e. The van der Waals surface area contributed by atoms with Crippen LogP contribution in [0, 0.1) is 16.0 Å². The summed E-state index contributed by atoms with van der Waals surface area (Å²) < 4.78 is 5.35. The van der Waals surface area contributed by atoms with Gasteiger partial charge in [-0.25, -0.2) is 4.79 Å². The van der Waals surface area contributed by atoms with Crippen LogP contribution in [0.1, 0.15) is 39.2 Å². The van der Waals surface area contributed by atoms with Gasteiger partial charge in [0.1, 0.15) is 5.60 Å². The van der Waals surface area contributed by atoms with Crippen LogP contribution < -0.4 is 5.32 Å². The number of ether oxygens (including phenoxy) is 1. The molecule has 8 heteroatoms. The van der Waals surface area contributed by atoms with Crippen LogP contribution in [0.4, 0.5) is 10.5 Å². The molecule has 1 heterocycles. The minimum atomic E-state index is -0.525. The number of benzene rings is 1. The molecule has 1 aliphatic heterocycles. The van der Waals surface area contributed by atoms with Crippen LogP contribution >= 0.6 is 0 Å². The number of hydrogen-bond acceptors (Lipinski definition) is 5. The van der Waals surface area contributed by atoms with Crippen LogP contribution in [0.2, 0.25) is 0 Å². The fourth-order valence-corrected chi connectivity index (χ4v) is 2.91. The van der Waals surface area contributed by atoms with E-state index in [1.807, 2.05) is 20.8 Å². The normalized spacial score (nSPS) is 15.3. The van der Waals surface area contributed by atoms with Gasteiger partial charge in [0, 0.05) is 37.7 Å². The fourth-order valence-electron chi connectivity index (χ4n) is 2.91. The van der Waals surface area contributed by atoms with E-state index in [4.69, 9.17) is 4.74 Å². The van der Waals surface area contributed by atoms with Crippen molar-refractivity contribution in [2.24, 2.45) is 5.92 Å². The zero-order valence-corrected chi connectivity index (χ0v) is 16.1. The first-order valence-electron chi connectivity index (χ1n) is 9.14. The molecule has 1 aromatic rings. The zero-order chi connectivity index (χ0) is 20.0. The van der Waals surface area contributed by atoms with Gasteiger partial charge in [-0.05, 0) is 45.6 Å². The number of nitrogens with one attached hydrogen (secondary N) is 1. The van der Waals surface area contributed by atoms with E-state index in [-0.39, 0.29) is 23.6 Å². The Bertz CT molecular complexity index is 674. The van der Waals surface area contributed by atoms with Crippen LogP contribution in [0.3, 0.4) is 0 Å². The third-order valence-electron chi connectivity index (χ3n) is 4.38. The van der Waals surface area contributed by atoms with E-state index in [1.165, 1.54) is 12.1 Å². The third kappa shape index (κ3) is 6.54. The van der Waals surface area contributed by atoms with Crippen LogP contribution in [0.5, 0.6) is 0 Å². The summed E-state index contributed by atoms with van der Waals surface area (Å²) >= 11 is 0. The smallest absolute Gasteiger partial charge is 0.410 e. The number of rotatable bonds is 5. The van der Waals surface area contributed by atoms with Gasteiger partial charge in [0.25, 0.3) is 5.69 Å². The van der Waals surface area contributed by atoms with Crippen molar-refractivity contribution >= 4 is 17.7 Å². The second-order valence-electron chi connectivity index (χ2n) is 7.71. The molecule has 148 valence electrons. The highest BCUT2D eigenvalue weighted by molar-refractivity contribution is 5.79. The highest BCUT2D eigenvalue weighted by Gasteiger charge is 2.29. The molecule has 0 spiro atoms. The summed E-state index contributed by atoms with van der Waals surface area (Å²) in [7, 11) is 0. The van der Waals surface area contributed by atoms with Gasteiger partial charge in [-0.15, -0.1) is 0 Å². The van der Waals surface area contributed by atoms with E-state index < -0.39 is 10.5 Å². The van der Waals surface area contributed by atoms with Crippen LogP contribution in [-0.4, -0.2) is 47.1 Å². The van der Waals surface area contributed by atoms with E-state index in [1.54, 1.807) is 17.0 Å². The molecule has 27 heavy (non-hydrogen) atoms. The maximum absolute atomic E-state index is 12.3. The lowest BCUT2D eigenvalue weighted by atomic mass is 9.96. The molecule has 1 N–H and O–H groups in total. The highest BCUT2D eigenvalue weighted by Crippen LogP contribution is 2.20. The van der Waals surface area contributed by atoms with E-state index in [0.29, 0.717) is 38.9 Å². The standard InChI is InChI=1S/C19H27N3O5/c1-19(2,3)27-18(24)21-12-9-15(10-13-21)17(23)20-11-8-14-4-6-16(7-5-14)22(25)26/h4-7,15H,8-13H2,1-3H3,(H,20,23). The van der Waals surface area contributed by atoms with Crippen molar-refractivity contribution in [2.45, 2.75) is 45.6 Å². The van der Waals surface area contributed by atoms with Crippen molar-refractivity contribution in [1.82, 2.24) is 10.2 Å². The Morgan fingerprint density at radius 1 is 1.22 bits per heavy atom. The summed E-state index contributed by atoms with van der Waals surface area (Å²) in [5.74, 6) is -0.124. The minimum Gasteiger partial charge on any atom is -0.444 e. The molecule has 1 aromatic carbocycles. The van der Waals surface area contributed by atoms with Crippen molar-refractivity contribution in [2.75, 3.05) is 19.6 Å². The topological polar surface area (TPSA) is 102 Å². The molecular formula is C19H27N3O5. The van der Waals surface area contributed by atoms with Crippen molar-refractivity contribution in [3.63, 3.8) is 0 Å². The van der Waals surface area contributed by atoms with Gasteiger partial charge in [0.05, 0.1) is 4.92 Å². The Labute approximate surface area is 159 Å². The number of carbonyl (C=O) groups excluding carboxylic acids is 2. The van der Waals surface area contributed by atoms with E-state index in [9.17, 15) is 19.7 Å². The molecule has 0 atom stereocenters.